The van der Waals surface area contributed by atoms with Crippen LogP contribution in [0.3, 0.4) is 0 Å². The van der Waals surface area contributed by atoms with Gasteiger partial charge in [-0.3, -0.25) is 14.5 Å². The zero-order valence-electron chi connectivity index (χ0n) is 10.7. The highest BCUT2D eigenvalue weighted by atomic mass is 16.2. The van der Waals surface area contributed by atoms with Crippen molar-refractivity contribution in [3.8, 4) is 0 Å². The van der Waals surface area contributed by atoms with Crippen LogP contribution in [0.2, 0.25) is 0 Å². The van der Waals surface area contributed by atoms with E-state index in [1.165, 1.54) is 0 Å². The number of likely N-dealkylation sites (N-methyl/N-ethyl adjacent to an activating group) is 1. The Morgan fingerprint density at radius 3 is 2.50 bits per heavy atom. The number of piperidine rings is 1. The maximum Gasteiger partial charge on any atom is 0.239 e. The summed E-state index contributed by atoms with van der Waals surface area (Å²) in [5.74, 6) is 0.476. The van der Waals surface area contributed by atoms with Crippen molar-refractivity contribution in [1.29, 1.82) is 0 Å². The molecule has 1 saturated heterocycles. The first-order valence-corrected chi connectivity index (χ1v) is 5.89. The van der Waals surface area contributed by atoms with Crippen molar-refractivity contribution in [2.24, 2.45) is 5.92 Å². The van der Waals surface area contributed by atoms with E-state index in [9.17, 15) is 9.59 Å². The summed E-state index contributed by atoms with van der Waals surface area (Å²) in [5, 5.41) is 0. The highest BCUT2D eigenvalue weighted by Gasteiger charge is 2.29. The summed E-state index contributed by atoms with van der Waals surface area (Å²) in [5.41, 5.74) is 0. The van der Waals surface area contributed by atoms with Crippen LogP contribution in [0.5, 0.6) is 0 Å². The normalized spacial score (nSPS) is 23.9. The van der Waals surface area contributed by atoms with E-state index in [1.807, 2.05) is 6.92 Å². The number of carbonyl (C=O) groups excluding carboxylic acids is 2. The van der Waals surface area contributed by atoms with Crippen molar-refractivity contribution in [2.45, 2.75) is 32.7 Å². The minimum atomic E-state index is -0.114. The van der Waals surface area contributed by atoms with Crippen molar-refractivity contribution in [2.75, 3.05) is 27.2 Å². The Labute approximate surface area is 97.6 Å². The van der Waals surface area contributed by atoms with Crippen molar-refractivity contribution >= 4 is 11.7 Å². The molecule has 1 aliphatic rings. The molecular formula is C12H22N2O2. The number of carbonyl (C=O) groups is 2. The number of rotatable bonds is 3. The van der Waals surface area contributed by atoms with E-state index in [4.69, 9.17) is 0 Å². The number of nitrogens with zero attached hydrogens (tertiary/aromatic N) is 2. The molecule has 4 nitrogen and oxygen atoms in total. The van der Waals surface area contributed by atoms with Crippen LogP contribution in [0.15, 0.2) is 0 Å². The molecule has 0 saturated carbocycles. The third-order valence-electron chi connectivity index (χ3n) is 3.37. The molecule has 0 aromatic heterocycles. The van der Waals surface area contributed by atoms with E-state index in [0.717, 1.165) is 25.9 Å². The maximum absolute atomic E-state index is 11.8. The second-order valence-electron chi connectivity index (χ2n) is 4.85. The van der Waals surface area contributed by atoms with E-state index >= 15 is 0 Å². The molecule has 4 heteroatoms. The Bertz CT molecular complexity index is 276. The minimum absolute atomic E-state index is 0.114. The van der Waals surface area contributed by atoms with Gasteiger partial charge in [0.1, 0.15) is 5.78 Å². The largest absolute Gasteiger partial charge is 0.347 e. The molecular weight excluding hydrogens is 204 g/mol. The third-order valence-corrected chi connectivity index (χ3v) is 3.37. The zero-order chi connectivity index (χ0) is 12.3. The number of hydrogen-bond donors (Lipinski definition) is 0. The van der Waals surface area contributed by atoms with Gasteiger partial charge in [-0.05, 0) is 33.2 Å². The number of ketones is 1. The van der Waals surface area contributed by atoms with Gasteiger partial charge in [0.2, 0.25) is 5.91 Å². The SMILES string of the molecule is CC(=O)C1CCCN(C(C)C(=O)N(C)C)C1. The van der Waals surface area contributed by atoms with Crippen LogP contribution < -0.4 is 0 Å². The molecule has 2 atom stereocenters. The maximum atomic E-state index is 11.8. The topological polar surface area (TPSA) is 40.6 Å². The summed E-state index contributed by atoms with van der Waals surface area (Å²) < 4.78 is 0. The molecule has 1 amide bonds. The summed E-state index contributed by atoms with van der Waals surface area (Å²) >= 11 is 0. The Morgan fingerprint density at radius 1 is 1.38 bits per heavy atom. The molecule has 0 spiro atoms. The van der Waals surface area contributed by atoms with Crippen LogP contribution in [0, 0.1) is 5.92 Å². The fourth-order valence-corrected chi connectivity index (χ4v) is 2.22. The average Bonchev–Trinajstić information content (AvgIpc) is 2.27. The molecule has 0 N–H and O–H groups in total. The fourth-order valence-electron chi connectivity index (χ4n) is 2.22. The van der Waals surface area contributed by atoms with Gasteiger partial charge in [0.25, 0.3) is 0 Å². The second-order valence-corrected chi connectivity index (χ2v) is 4.85. The van der Waals surface area contributed by atoms with Crippen molar-refractivity contribution in [1.82, 2.24) is 9.80 Å². The summed E-state index contributed by atoms with van der Waals surface area (Å²) in [7, 11) is 3.54. The predicted octanol–water partition coefficient (Wildman–Crippen LogP) is 0.764. The van der Waals surface area contributed by atoms with Gasteiger partial charge in [-0.2, -0.15) is 0 Å². The molecule has 0 bridgehead atoms. The van der Waals surface area contributed by atoms with Gasteiger partial charge in [0.15, 0.2) is 0 Å². The molecule has 0 radical (unpaired) electrons. The van der Waals surface area contributed by atoms with E-state index in [1.54, 1.807) is 25.9 Å². The summed E-state index contributed by atoms with van der Waals surface area (Å²) in [6, 6.07) is -0.114. The van der Waals surface area contributed by atoms with Crippen molar-refractivity contribution < 1.29 is 9.59 Å². The fraction of sp³-hybridized carbons (Fsp3) is 0.833. The van der Waals surface area contributed by atoms with Crippen LogP contribution in [0.1, 0.15) is 26.7 Å². The van der Waals surface area contributed by atoms with Gasteiger partial charge < -0.3 is 4.90 Å². The van der Waals surface area contributed by atoms with E-state index in [0.29, 0.717) is 0 Å². The molecule has 0 aromatic carbocycles. The molecule has 0 aliphatic carbocycles. The predicted molar refractivity (Wildman–Crippen MR) is 63.1 cm³/mol. The lowest BCUT2D eigenvalue weighted by atomic mass is 9.93. The van der Waals surface area contributed by atoms with Crippen LogP contribution in [-0.2, 0) is 9.59 Å². The molecule has 16 heavy (non-hydrogen) atoms. The number of hydrogen-bond acceptors (Lipinski definition) is 3. The summed E-state index contributed by atoms with van der Waals surface area (Å²) in [4.78, 5) is 26.9. The molecule has 1 rings (SSSR count). The Morgan fingerprint density at radius 2 is 2.00 bits per heavy atom. The molecule has 1 heterocycles. The molecule has 1 aliphatic heterocycles. The van der Waals surface area contributed by atoms with Gasteiger partial charge in [0, 0.05) is 26.6 Å². The second kappa shape index (κ2) is 5.43. The van der Waals surface area contributed by atoms with Gasteiger partial charge in [-0.1, -0.05) is 0 Å². The van der Waals surface area contributed by atoms with Gasteiger partial charge in [0.05, 0.1) is 6.04 Å². The highest BCUT2D eigenvalue weighted by molar-refractivity contribution is 5.81. The Kier molecular flexibility index (Phi) is 4.47. The standard InChI is InChI=1S/C12H22N2O2/c1-9(12(16)13(3)4)14-7-5-6-11(8-14)10(2)15/h9,11H,5-8H2,1-4H3. The van der Waals surface area contributed by atoms with Crippen LogP contribution in [0.4, 0.5) is 0 Å². The first kappa shape index (κ1) is 13.2. The quantitative estimate of drug-likeness (QED) is 0.713. The van der Waals surface area contributed by atoms with E-state index in [2.05, 4.69) is 4.90 Å². The smallest absolute Gasteiger partial charge is 0.239 e. The van der Waals surface area contributed by atoms with Crippen LogP contribution in [-0.4, -0.2) is 54.7 Å². The van der Waals surface area contributed by atoms with Crippen LogP contribution >= 0.6 is 0 Å². The molecule has 0 aromatic rings. The van der Waals surface area contributed by atoms with Crippen molar-refractivity contribution in [3.63, 3.8) is 0 Å². The third kappa shape index (κ3) is 3.04. The minimum Gasteiger partial charge on any atom is -0.347 e. The van der Waals surface area contributed by atoms with E-state index in [-0.39, 0.29) is 23.7 Å². The highest BCUT2D eigenvalue weighted by Crippen LogP contribution is 2.19. The Balaban J connectivity index is 2.59. The summed E-state index contributed by atoms with van der Waals surface area (Å²) in [6.45, 7) is 5.22. The molecule has 92 valence electrons. The zero-order valence-corrected chi connectivity index (χ0v) is 10.7. The van der Waals surface area contributed by atoms with Gasteiger partial charge >= 0.3 is 0 Å². The van der Waals surface area contributed by atoms with Gasteiger partial charge in [-0.25, -0.2) is 0 Å². The molecule has 2 unspecified atom stereocenters. The van der Waals surface area contributed by atoms with E-state index < -0.39 is 0 Å². The number of amides is 1. The number of likely N-dealkylation sites (tertiary alicyclic amines) is 1. The van der Waals surface area contributed by atoms with Crippen LogP contribution in [0.25, 0.3) is 0 Å². The summed E-state index contributed by atoms with van der Waals surface area (Å²) in [6.07, 6.45) is 1.98. The lowest BCUT2D eigenvalue weighted by Gasteiger charge is -2.36. The first-order valence-electron chi connectivity index (χ1n) is 5.89. The number of Topliss-reactive ketones (excluding diaryl/α,β-unsaturated/α-hetero) is 1. The molecule has 1 fully saturated rings. The average molecular weight is 226 g/mol. The monoisotopic (exact) mass is 226 g/mol. The first-order chi connectivity index (χ1) is 7.43. The lowest BCUT2D eigenvalue weighted by Crippen LogP contribution is -2.49. The van der Waals surface area contributed by atoms with Crippen molar-refractivity contribution in [3.05, 3.63) is 0 Å². The van der Waals surface area contributed by atoms with Gasteiger partial charge in [-0.15, -0.1) is 0 Å². The lowest BCUT2D eigenvalue weighted by molar-refractivity contribution is -0.135. The Hall–Kier alpha value is -0.900.